The molecule has 0 spiro atoms. The number of rotatable bonds is 8. The third kappa shape index (κ3) is 8.23. The molecule has 0 bridgehead atoms. The van der Waals surface area contributed by atoms with Crippen LogP contribution in [-0.2, 0) is 9.59 Å². The van der Waals surface area contributed by atoms with Gasteiger partial charge in [0.1, 0.15) is 0 Å². The van der Waals surface area contributed by atoms with Gasteiger partial charge in [-0.3, -0.25) is 9.59 Å². The second-order valence-corrected chi connectivity index (χ2v) is 4.45. The lowest BCUT2D eigenvalue weighted by Gasteiger charge is -2.13. The molecule has 0 saturated carbocycles. The maximum Gasteiger partial charge on any atom is 0.236 e. The average molecular weight is 229 g/mol. The summed E-state index contributed by atoms with van der Waals surface area (Å²) < 4.78 is 0. The molecular weight excluding hydrogens is 206 g/mol. The van der Waals surface area contributed by atoms with E-state index in [1.807, 2.05) is 13.8 Å². The van der Waals surface area contributed by atoms with E-state index in [9.17, 15) is 9.59 Å². The topological polar surface area (TPSA) is 98.2 Å². The van der Waals surface area contributed by atoms with Crippen LogP contribution >= 0.6 is 0 Å². The van der Waals surface area contributed by atoms with Crippen molar-refractivity contribution in [2.75, 3.05) is 6.54 Å². The molecule has 5 nitrogen and oxygen atoms in total. The Balaban J connectivity index is 3.53. The normalized spacial score (nSPS) is 12.5. The highest BCUT2D eigenvalue weighted by Gasteiger charge is 2.13. The zero-order chi connectivity index (χ0) is 12.6. The predicted molar refractivity (Wildman–Crippen MR) is 63.5 cm³/mol. The van der Waals surface area contributed by atoms with E-state index in [-0.39, 0.29) is 11.8 Å². The fourth-order valence-corrected chi connectivity index (χ4v) is 1.38. The Labute approximate surface area is 96.9 Å². The number of amides is 2. The number of nitrogens with two attached hydrogens (primary N) is 2. The summed E-state index contributed by atoms with van der Waals surface area (Å²) in [6.07, 6.45) is 2.51. The van der Waals surface area contributed by atoms with E-state index in [1.165, 1.54) is 0 Å². The molecule has 0 rings (SSSR count). The minimum absolute atomic E-state index is 0.118. The summed E-state index contributed by atoms with van der Waals surface area (Å²) >= 11 is 0. The summed E-state index contributed by atoms with van der Waals surface area (Å²) in [5, 5.41) is 2.75. The highest BCUT2D eigenvalue weighted by Crippen LogP contribution is 2.02. The average Bonchev–Trinajstić information content (AvgIpc) is 2.15. The number of primary amides is 1. The monoisotopic (exact) mass is 229 g/mol. The summed E-state index contributed by atoms with van der Waals surface area (Å²) in [6.45, 7) is 4.61. The summed E-state index contributed by atoms with van der Waals surface area (Å²) in [5.74, 6) is -0.00813. The van der Waals surface area contributed by atoms with E-state index in [1.54, 1.807) is 0 Å². The summed E-state index contributed by atoms with van der Waals surface area (Å²) in [5.41, 5.74) is 10.7. The van der Waals surface area contributed by atoms with E-state index in [0.29, 0.717) is 31.7 Å². The first-order valence-corrected chi connectivity index (χ1v) is 5.75. The lowest BCUT2D eigenvalue weighted by Crippen LogP contribution is -2.41. The molecule has 0 heterocycles. The van der Waals surface area contributed by atoms with Gasteiger partial charge in [0.05, 0.1) is 6.04 Å². The number of carbonyl (C=O) groups is 2. The van der Waals surface area contributed by atoms with Gasteiger partial charge in [-0.1, -0.05) is 13.8 Å². The Kier molecular flexibility index (Phi) is 7.54. The molecule has 0 fully saturated rings. The highest BCUT2D eigenvalue weighted by molar-refractivity contribution is 5.81. The van der Waals surface area contributed by atoms with Crippen LogP contribution in [0.25, 0.3) is 0 Å². The smallest absolute Gasteiger partial charge is 0.236 e. The van der Waals surface area contributed by atoms with E-state index in [0.717, 1.165) is 6.42 Å². The Morgan fingerprint density at radius 1 is 1.25 bits per heavy atom. The Hall–Kier alpha value is -1.10. The molecule has 5 N–H and O–H groups in total. The molecular formula is C11H23N3O2. The largest absolute Gasteiger partial charge is 0.370 e. The van der Waals surface area contributed by atoms with Gasteiger partial charge in [-0.05, 0) is 25.2 Å². The molecule has 0 aromatic rings. The Bertz CT molecular complexity index is 229. The van der Waals surface area contributed by atoms with E-state index in [2.05, 4.69) is 5.32 Å². The van der Waals surface area contributed by atoms with Gasteiger partial charge in [-0.2, -0.15) is 0 Å². The standard InChI is InChI=1S/C11H23N3O2/c1-8(2)7-9(12)11(16)14-6-4-3-5-10(13)15/h8-9H,3-7,12H2,1-2H3,(H2,13,15)(H,14,16)/t9-/m1/s1. The van der Waals surface area contributed by atoms with Crippen LogP contribution in [0, 0.1) is 5.92 Å². The Morgan fingerprint density at radius 3 is 2.38 bits per heavy atom. The SMILES string of the molecule is CC(C)C[C@@H](N)C(=O)NCCCCC(N)=O. The molecule has 0 aromatic carbocycles. The molecule has 0 saturated heterocycles. The van der Waals surface area contributed by atoms with Crippen molar-refractivity contribution in [1.29, 1.82) is 0 Å². The number of carbonyl (C=O) groups excluding carboxylic acids is 2. The van der Waals surface area contributed by atoms with Crippen LogP contribution in [0.4, 0.5) is 0 Å². The molecule has 0 aliphatic rings. The van der Waals surface area contributed by atoms with Crippen molar-refractivity contribution in [2.45, 2.75) is 45.6 Å². The van der Waals surface area contributed by atoms with Crippen LogP contribution < -0.4 is 16.8 Å². The zero-order valence-electron chi connectivity index (χ0n) is 10.2. The molecule has 0 unspecified atom stereocenters. The quantitative estimate of drug-likeness (QED) is 0.516. The fourth-order valence-electron chi connectivity index (χ4n) is 1.38. The molecule has 0 aromatic heterocycles. The number of nitrogens with one attached hydrogen (secondary N) is 1. The van der Waals surface area contributed by atoms with E-state index >= 15 is 0 Å². The molecule has 5 heteroatoms. The molecule has 2 amide bonds. The molecule has 0 aliphatic heterocycles. The predicted octanol–water partition coefficient (Wildman–Crippen LogP) is 0.132. The van der Waals surface area contributed by atoms with Crippen molar-refractivity contribution in [1.82, 2.24) is 5.32 Å². The molecule has 16 heavy (non-hydrogen) atoms. The van der Waals surface area contributed by atoms with Gasteiger partial charge in [-0.25, -0.2) is 0 Å². The second kappa shape index (κ2) is 8.10. The van der Waals surface area contributed by atoms with Crippen molar-refractivity contribution in [3.05, 3.63) is 0 Å². The number of unbranched alkanes of at least 4 members (excludes halogenated alkanes) is 1. The van der Waals surface area contributed by atoms with Crippen LogP contribution in [0.2, 0.25) is 0 Å². The molecule has 0 aliphatic carbocycles. The van der Waals surface area contributed by atoms with Crippen molar-refractivity contribution in [2.24, 2.45) is 17.4 Å². The molecule has 94 valence electrons. The zero-order valence-corrected chi connectivity index (χ0v) is 10.2. The van der Waals surface area contributed by atoms with Gasteiger partial charge in [-0.15, -0.1) is 0 Å². The van der Waals surface area contributed by atoms with Crippen molar-refractivity contribution < 1.29 is 9.59 Å². The maximum absolute atomic E-state index is 11.4. The summed E-state index contributed by atoms with van der Waals surface area (Å²) in [4.78, 5) is 21.9. The number of hydrogen-bond acceptors (Lipinski definition) is 3. The van der Waals surface area contributed by atoms with Crippen molar-refractivity contribution in [3.8, 4) is 0 Å². The third-order valence-corrected chi connectivity index (χ3v) is 2.21. The first-order valence-electron chi connectivity index (χ1n) is 5.75. The first-order chi connectivity index (χ1) is 7.43. The van der Waals surface area contributed by atoms with Gasteiger partial charge in [0.25, 0.3) is 0 Å². The van der Waals surface area contributed by atoms with Crippen LogP contribution in [0.5, 0.6) is 0 Å². The molecule has 1 atom stereocenters. The number of hydrogen-bond donors (Lipinski definition) is 3. The minimum atomic E-state index is -0.434. The van der Waals surface area contributed by atoms with Gasteiger partial charge in [0, 0.05) is 13.0 Å². The van der Waals surface area contributed by atoms with Crippen LogP contribution in [0.3, 0.4) is 0 Å². The lowest BCUT2D eigenvalue weighted by molar-refractivity contribution is -0.122. The lowest BCUT2D eigenvalue weighted by atomic mass is 10.0. The highest BCUT2D eigenvalue weighted by atomic mass is 16.2. The maximum atomic E-state index is 11.4. The van der Waals surface area contributed by atoms with Crippen LogP contribution in [0.1, 0.15) is 39.5 Å². The van der Waals surface area contributed by atoms with E-state index in [4.69, 9.17) is 11.5 Å². The third-order valence-electron chi connectivity index (χ3n) is 2.21. The van der Waals surface area contributed by atoms with Gasteiger partial charge < -0.3 is 16.8 Å². The summed E-state index contributed by atoms with van der Waals surface area (Å²) in [6, 6.07) is -0.434. The second-order valence-electron chi connectivity index (χ2n) is 4.45. The van der Waals surface area contributed by atoms with E-state index < -0.39 is 6.04 Å². The first kappa shape index (κ1) is 14.9. The molecule has 0 radical (unpaired) electrons. The van der Waals surface area contributed by atoms with Crippen LogP contribution in [-0.4, -0.2) is 24.4 Å². The summed E-state index contributed by atoms with van der Waals surface area (Å²) in [7, 11) is 0. The van der Waals surface area contributed by atoms with Crippen molar-refractivity contribution >= 4 is 11.8 Å². The van der Waals surface area contributed by atoms with Gasteiger partial charge in [0.2, 0.25) is 11.8 Å². The fraction of sp³-hybridized carbons (Fsp3) is 0.818. The van der Waals surface area contributed by atoms with Crippen LogP contribution in [0.15, 0.2) is 0 Å². The van der Waals surface area contributed by atoms with Gasteiger partial charge >= 0.3 is 0 Å². The minimum Gasteiger partial charge on any atom is -0.370 e. The van der Waals surface area contributed by atoms with Crippen molar-refractivity contribution in [3.63, 3.8) is 0 Å². The van der Waals surface area contributed by atoms with Gasteiger partial charge in [0.15, 0.2) is 0 Å². The Morgan fingerprint density at radius 2 is 1.88 bits per heavy atom.